The van der Waals surface area contributed by atoms with Crippen LogP contribution in [0.3, 0.4) is 0 Å². The van der Waals surface area contributed by atoms with Crippen LogP contribution in [0.1, 0.15) is 19.8 Å². The molecule has 1 heterocycles. The highest BCUT2D eigenvalue weighted by atomic mass is 17.0. The van der Waals surface area contributed by atoms with E-state index in [1.807, 2.05) is 0 Å². The standard InChI is InChI=1S/C6H11NO2/c1-2-3-4-7-8-5-6-9-7/h5-6H,2-4H2,1H3. The van der Waals surface area contributed by atoms with Crippen molar-refractivity contribution in [2.24, 2.45) is 0 Å². The van der Waals surface area contributed by atoms with Gasteiger partial charge in [-0.05, 0) is 6.42 Å². The Morgan fingerprint density at radius 2 is 2.00 bits per heavy atom. The third-order valence-corrected chi connectivity index (χ3v) is 1.11. The Hall–Kier alpha value is -0.700. The Morgan fingerprint density at radius 1 is 1.33 bits per heavy atom. The molecule has 0 aromatic heterocycles. The summed E-state index contributed by atoms with van der Waals surface area (Å²) in [5, 5.41) is 1.46. The van der Waals surface area contributed by atoms with E-state index in [2.05, 4.69) is 6.92 Å². The zero-order chi connectivity index (χ0) is 6.53. The average molecular weight is 129 g/mol. The van der Waals surface area contributed by atoms with Gasteiger partial charge in [0.05, 0.1) is 6.54 Å². The highest BCUT2D eigenvalue weighted by molar-refractivity contribution is 4.62. The van der Waals surface area contributed by atoms with Gasteiger partial charge in [-0.2, -0.15) is 0 Å². The third kappa shape index (κ3) is 1.93. The molecular formula is C6H11NO2. The predicted molar refractivity (Wildman–Crippen MR) is 32.9 cm³/mol. The van der Waals surface area contributed by atoms with E-state index in [-0.39, 0.29) is 0 Å². The summed E-state index contributed by atoms with van der Waals surface area (Å²) in [5.74, 6) is 0. The highest BCUT2D eigenvalue weighted by Crippen LogP contribution is 2.03. The summed E-state index contributed by atoms with van der Waals surface area (Å²) < 4.78 is 0. The van der Waals surface area contributed by atoms with E-state index >= 15 is 0 Å². The maximum Gasteiger partial charge on any atom is 0.152 e. The lowest BCUT2D eigenvalue weighted by molar-refractivity contribution is -0.284. The summed E-state index contributed by atoms with van der Waals surface area (Å²) in [6, 6.07) is 0. The van der Waals surface area contributed by atoms with Crippen molar-refractivity contribution in [1.82, 2.24) is 5.23 Å². The van der Waals surface area contributed by atoms with E-state index in [0.29, 0.717) is 0 Å². The second-order valence-electron chi connectivity index (χ2n) is 1.89. The topological polar surface area (TPSA) is 21.7 Å². The minimum Gasteiger partial charge on any atom is -0.376 e. The average Bonchev–Trinajstić information content (AvgIpc) is 2.34. The van der Waals surface area contributed by atoms with Gasteiger partial charge in [-0.25, -0.2) is 0 Å². The van der Waals surface area contributed by atoms with Crippen molar-refractivity contribution >= 4 is 0 Å². The van der Waals surface area contributed by atoms with Gasteiger partial charge in [-0.1, -0.05) is 13.3 Å². The maximum absolute atomic E-state index is 4.89. The molecule has 0 saturated heterocycles. The highest BCUT2D eigenvalue weighted by Gasteiger charge is 2.06. The van der Waals surface area contributed by atoms with Gasteiger partial charge in [0.1, 0.15) is 0 Å². The van der Waals surface area contributed by atoms with Crippen LogP contribution in [0.25, 0.3) is 0 Å². The lowest BCUT2D eigenvalue weighted by Crippen LogP contribution is -2.16. The fourth-order valence-corrected chi connectivity index (χ4v) is 0.603. The fraction of sp³-hybridized carbons (Fsp3) is 0.667. The first-order valence-corrected chi connectivity index (χ1v) is 3.19. The summed E-state index contributed by atoms with van der Waals surface area (Å²) in [6.45, 7) is 2.97. The van der Waals surface area contributed by atoms with Crippen molar-refractivity contribution in [2.75, 3.05) is 6.54 Å². The lowest BCUT2D eigenvalue weighted by atomic mass is 10.3. The van der Waals surface area contributed by atoms with Crippen molar-refractivity contribution in [3.8, 4) is 0 Å². The van der Waals surface area contributed by atoms with E-state index in [4.69, 9.17) is 9.68 Å². The van der Waals surface area contributed by atoms with Gasteiger partial charge in [-0.15, -0.1) is 0 Å². The Balaban J connectivity index is 2.01. The molecule has 3 nitrogen and oxygen atoms in total. The molecule has 0 spiro atoms. The number of unbranched alkanes of at least 4 members (excludes halogenated alkanes) is 1. The van der Waals surface area contributed by atoms with Crippen molar-refractivity contribution in [3.05, 3.63) is 12.5 Å². The normalized spacial score (nSPS) is 17.4. The molecule has 0 fully saturated rings. The van der Waals surface area contributed by atoms with Crippen LogP contribution in [-0.4, -0.2) is 11.8 Å². The van der Waals surface area contributed by atoms with Crippen LogP contribution in [-0.2, 0) is 9.68 Å². The van der Waals surface area contributed by atoms with E-state index in [0.717, 1.165) is 19.4 Å². The predicted octanol–water partition coefficient (Wildman–Crippen LogP) is 1.44. The minimum atomic E-state index is 0.837. The zero-order valence-corrected chi connectivity index (χ0v) is 5.54. The summed E-state index contributed by atoms with van der Waals surface area (Å²) >= 11 is 0. The van der Waals surface area contributed by atoms with E-state index < -0.39 is 0 Å². The molecule has 0 bridgehead atoms. The molecule has 0 amide bonds. The molecule has 1 aliphatic rings. The quantitative estimate of drug-likeness (QED) is 0.575. The Bertz CT molecular complexity index is 95.2. The minimum absolute atomic E-state index is 0.837. The van der Waals surface area contributed by atoms with E-state index in [1.165, 1.54) is 17.8 Å². The molecule has 1 aliphatic heterocycles. The molecule has 9 heavy (non-hydrogen) atoms. The molecule has 0 saturated carbocycles. The van der Waals surface area contributed by atoms with Gasteiger partial charge < -0.3 is 9.68 Å². The summed E-state index contributed by atoms with van der Waals surface area (Å²) in [6.07, 6.45) is 5.30. The number of hydrogen-bond acceptors (Lipinski definition) is 3. The smallest absolute Gasteiger partial charge is 0.152 e. The van der Waals surface area contributed by atoms with E-state index in [1.54, 1.807) is 0 Å². The molecule has 52 valence electrons. The molecule has 0 atom stereocenters. The largest absolute Gasteiger partial charge is 0.376 e. The second-order valence-corrected chi connectivity index (χ2v) is 1.89. The van der Waals surface area contributed by atoms with Crippen LogP contribution < -0.4 is 0 Å². The molecular weight excluding hydrogens is 118 g/mol. The van der Waals surface area contributed by atoms with Crippen molar-refractivity contribution in [3.63, 3.8) is 0 Å². The summed E-state index contributed by atoms with van der Waals surface area (Å²) in [7, 11) is 0. The first kappa shape index (κ1) is 6.42. The third-order valence-electron chi connectivity index (χ3n) is 1.11. The molecule has 1 rings (SSSR count). The van der Waals surface area contributed by atoms with Gasteiger partial charge in [0.15, 0.2) is 12.5 Å². The molecule has 3 heteroatoms. The number of hydrogen-bond donors (Lipinski definition) is 0. The van der Waals surface area contributed by atoms with Crippen LogP contribution in [0.5, 0.6) is 0 Å². The number of nitrogens with zero attached hydrogens (tertiary/aromatic N) is 1. The van der Waals surface area contributed by atoms with Crippen molar-refractivity contribution in [2.45, 2.75) is 19.8 Å². The van der Waals surface area contributed by atoms with Crippen LogP contribution in [0.15, 0.2) is 12.5 Å². The zero-order valence-electron chi connectivity index (χ0n) is 5.54. The summed E-state index contributed by atoms with van der Waals surface area (Å²) in [4.78, 5) is 9.77. The van der Waals surface area contributed by atoms with E-state index in [9.17, 15) is 0 Å². The van der Waals surface area contributed by atoms with Gasteiger partial charge in [0.2, 0.25) is 0 Å². The second kappa shape index (κ2) is 3.35. The van der Waals surface area contributed by atoms with Crippen LogP contribution >= 0.6 is 0 Å². The Morgan fingerprint density at radius 3 is 2.56 bits per heavy atom. The van der Waals surface area contributed by atoms with Gasteiger partial charge >= 0.3 is 0 Å². The molecule has 0 unspecified atom stereocenters. The van der Waals surface area contributed by atoms with Gasteiger partial charge in [0.25, 0.3) is 0 Å². The van der Waals surface area contributed by atoms with Gasteiger partial charge in [-0.3, -0.25) is 0 Å². The summed E-state index contributed by atoms with van der Waals surface area (Å²) in [5.41, 5.74) is 0. The molecule has 0 aromatic rings. The molecule has 0 N–H and O–H groups in total. The van der Waals surface area contributed by atoms with Crippen LogP contribution in [0.2, 0.25) is 0 Å². The van der Waals surface area contributed by atoms with Gasteiger partial charge in [0, 0.05) is 5.23 Å². The maximum atomic E-state index is 4.89. The van der Waals surface area contributed by atoms with Crippen molar-refractivity contribution < 1.29 is 9.68 Å². The molecule has 0 aromatic carbocycles. The van der Waals surface area contributed by atoms with Crippen LogP contribution in [0.4, 0.5) is 0 Å². The number of rotatable bonds is 3. The lowest BCUT2D eigenvalue weighted by Gasteiger charge is -2.10. The molecule has 0 radical (unpaired) electrons. The first-order valence-electron chi connectivity index (χ1n) is 3.19. The Kier molecular flexibility index (Phi) is 2.39. The van der Waals surface area contributed by atoms with Crippen molar-refractivity contribution in [1.29, 1.82) is 0 Å². The SMILES string of the molecule is CCCCN1OC=CO1. The first-order chi connectivity index (χ1) is 4.43. The molecule has 0 aliphatic carbocycles. The number of hydroxylamine groups is 2. The fourth-order valence-electron chi connectivity index (χ4n) is 0.603. The monoisotopic (exact) mass is 129 g/mol. The van der Waals surface area contributed by atoms with Crippen LogP contribution in [0, 0.1) is 0 Å². The Labute approximate surface area is 54.8 Å².